The van der Waals surface area contributed by atoms with Crippen LogP contribution in [-0.2, 0) is 10.3 Å². The van der Waals surface area contributed by atoms with Crippen LogP contribution < -0.4 is 9.47 Å². The lowest BCUT2D eigenvalue weighted by atomic mass is 10.0. The molecule has 0 N–H and O–H groups in total. The van der Waals surface area contributed by atoms with Crippen molar-refractivity contribution in [3.8, 4) is 11.5 Å². The van der Waals surface area contributed by atoms with E-state index in [-0.39, 0.29) is 0 Å². The van der Waals surface area contributed by atoms with Crippen molar-refractivity contribution < 1.29 is 14.3 Å². The van der Waals surface area contributed by atoms with Gasteiger partial charge in [-0.3, -0.25) is 0 Å². The smallest absolute Gasteiger partial charge is 0.235 e. The van der Waals surface area contributed by atoms with Crippen molar-refractivity contribution in [2.24, 2.45) is 10.9 Å². The lowest BCUT2D eigenvalue weighted by Gasteiger charge is -2.16. The minimum absolute atomic E-state index is 0.449. The Labute approximate surface area is 122 Å². The van der Waals surface area contributed by atoms with Gasteiger partial charge in [-0.05, 0) is 49.3 Å². The number of hydrogen-bond acceptors (Lipinski definition) is 4. The lowest BCUT2D eigenvalue weighted by Crippen LogP contribution is -2.06. The fraction of sp³-hybridized carbons (Fsp3) is 0.533. The minimum atomic E-state index is -0.449. The highest BCUT2D eigenvalue weighted by molar-refractivity contribution is 6.32. The molecule has 0 bridgehead atoms. The van der Waals surface area contributed by atoms with E-state index < -0.39 is 5.54 Å². The summed E-state index contributed by atoms with van der Waals surface area (Å²) in [5.41, 5.74) is 0.451. The number of benzene rings is 1. The number of nitrogens with zero attached hydrogens (tertiary/aromatic N) is 1. The number of hydrogen-bond donors (Lipinski definition) is 0. The predicted molar refractivity (Wildman–Crippen MR) is 75.3 cm³/mol. The Kier molecular flexibility index (Phi) is 3.45. The largest absolute Gasteiger partial charge is 0.491 e. The molecule has 2 aliphatic rings. The SMILES string of the molecule is COc1c(Cl)cc(C2(N=C=O)CC2)cc1OCC1CC1. The number of ether oxygens (including phenoxy) is 2. The van der Waals surface area contributed by atoms with Gasteiger partial charge in [0, 0.05) is 0 Å². The molecule has 20 heavy (non-hydrogen) atoms. The van der Waals surface area contributed by atoms with Crippen molar-refractivity contribution in [1.29, 1.82) is 0 Å². The molecule has 4 nitrogen and oxygen atoms in total. The van der Waals surface area contributed by atoms with Gasteiger partial charge in [0.15, 0.2) is 11.5 Å². The molecule has 0 aliphatic heterocycles. The monoisotopic (exact) mass is 293 g/mol. The van der Waals surface area contributed by atoms with Crippen LogP contribution in [-0.4, -0.2) is 19.8 Å². The molecule has 1 aromatic rings. The van der Waals surface area contributed by atoms with E-state index in [0.717, 1.165) is 18.4 Å². The second kappa shape index (κ2) is 5.12. The highest BCUT2D eigenvalue weighted by atomic mass is 35.5. The molecule has 0 atom stereocenters. The molecule has 3 rings (SSSR count). The van der Waals surface area contributed by atoms with E-state index in [2.05, 4.69) is 4.99 Å². The summed E-state index contributed by atoms with van der Waals surface area (Å²) in [6, 6.07) is 3.69. The molecular weight excluding hydrogens is 278 g/mol. The van der Waals surface area contributed by atoms with Gasteiger partial charge in [0.05, 0.1) is 24.3 Å². The van der Waals surface area contributed by atoms with Crippen LogP contribution >= 0.6 is 11.6 Å². The van der Waals surface area contributed by atoms with E-state index in [1.165, 1.54) is 12.8 Å². The zero-order valence-electron chi connectivity index (χ0n) is 11.3. The fourth-order valence-electron chi connectivity index (χ4n) is 2.31. The average Bonchev–Trinajstić information content (AvgIpc) is 3.31. The first kappa shape index (κ1) is 13.5. The highest BCUT2D eigenvalue weighted by Gasteiger charge is 2.45. The van der Waals surface area contributed by atoms with Gasteiger partial charge in [-0.15, -0.1) is 0 Å². The molecule has 0 amide bonds. The van der Waals surface area contributed by atoms with Crippen molar-refractivity contribution in [2.45, 2.75) is 31.2 Å². The van der Waals surface area contributed by atoms with Crippen LogP contribution in [0.1, 0.15) is 31.2 Å². The average molecular weight is 294 g/mol. The number of rotatable bonds is 6. The first-order valence-electron chi connectivity index (χ1n) is 6.78. The molecule has 2 saturated carbocycles. The molecule has 0 saturated heterocycles. The summed E-state index contributed by atoms with van der Waals surface area (Å²) >= 11 is 6.25. The van der Waals surface area contributed by atoms with Gasteiger partial charge in [-0.1, -0.05) is 11.6 Å². The summed E-state index contributed by atoms with van der Waals surface area (Å²) < 4.78 is 11.1. The van der Waals surface area contributed by atoms with E-state index in [1.54, 1.807) is 19.3 Å². The van der Waals surface area contributed by atoms with Crippen LogP contribution in [0, 0.1) is 5.92 Å². The summed E-state index contributed by atoms with van der Waals surface area (Å²) in [6.07, 6.45) is 5.77. The van der Waals surface area contributed by atoms with Gasteiger partial charge >= 0.3 is 0 Å². The standard InChI is InChI=1S/C15H16ClNO3/c1-19-14-12(16)6-11(15(4-5-15)17-9-18)7-13(14)20-8-10-2-3-10/h6-7,10H,2-5,8H2,1H3. The third kappa shape index (κ3) is 2.54. The maximum absolute atomic E-state index is 10.6. The molecule has 106 valence electrons. The first-order valence-corrected chi connectivity index (χ1v) is 7.16. The van der Waals surface area contributed by atoms with Crippen molar-refractivity contribution >= 4 is 17.7 Å². The van der Waals surface area contributed by atoms with Gasteiger partial charge in [0.1, 0.15) is 0 Å². The van der Waals surface area contributed by atoms with Gasteiger partial charge < -0.3 is 9.47 Å². The van der Waals surface area contributed by atoms with Crippen LogP contribution in [0.3, 0.4) is 0 Å². The zero-order valence-corrected chi connectivity index (χ0v) is 12.1. The van der Waals surface area contributed by atoms with E-state index >= 15 is 0 Å². The quantitative estimate of drug-likeness (QED) is 0.596. The minimum Gasteiger partial charge on any atom is -0.491 e. The Hall–Kier alpha value is -1.51. The molecule has 0 aromatic heterocycles. The van der Waals surface area contributed by atoms with Crippen LogP contribution in [0.2, 0.25) is 5.02 Å². The van der Waals surface area contributed by atoms with Crippen molar-refractivity contribution in [1.82, 2.24) is 0 Å². The maximum Gasteiger partial charge on any atom is 0.235 e. The number of carbonyl (C=O) groups excluding carboxylic acids is 1. The molecule has 2 aliphatic carbocycles. The third-order valence-electron chi connectivity index (χ3n) is 3.91. The van der Waals surface area contributed by atoms with E-state index in [1.807, 2.05) is 6.07 Å². The molecule has 1 aromatic carbocycles. The summed E-state index contributed by atoms with van der Waals surface area (Å²) in [7, 11) is 1.57. The van der Waals surface area contributed by atoms with Gasteiger partial charge in [0.2, 0.25) is 6.08 Å². The molecule has 0 radical (unpaired) electrons. The number of halogens is 1. The van der Waals surface area contributed by atoms with Crippen LogP contribution in [0.25, 0.3) is 0 Å². The fourth-order valence-corrected chi connectivity index (χ4v) is 2.59. The Morgan fingerprint density at radius 1 is 1.45 bits per heavy atom. The Bertz CT molecular complexity index is 573. The number of methoxy groups -OCH3 is 1. The van der Waals surface area contributed by atoms with Crippen molar-refractivity contribution in [3.63, 3.8) is 0 Å². The van der Waals surface area contributed by atoms with E-state index in [0.29, 0.717) is 29.0 Å². The normalized spacial score (nSPS) is 19.1. The maximum atomic E-state index is 10.6. The van der Waals surface area contributed by atoms with E-state index in [9.17, 15) is 4.79 Å². The molecule has 5 heteroatoms. The van der Waals surface area contributed by atoms with Gasteiger partial charge in [-0.25, -0.2) is 4.79 Å². The zero-order chi connectivity index (χ0) is 14.2. The molecule has 0 heterocycles. The van der Waals surface area contributed by atoms with E-state index in [4.69, 9.17) is 21.1 Å². The summed E-state index contributed by atoms with van der Waals surface area (Å²) in [5.74, 6) is 1.82. The van der Waals surface area contributed by atoms with Crippen molar-refractivity contribution in [3.05, 3.63) is 22.7 Å². The third-order valence-corrected chi connectivity index (χ3v) is 4.19. The summed E-state index contributed by atoms with van der Waals surface area (Å²) in [5, 5.41) is 0.489. The predicted octanol–water partition coefficient (Wildman–Crippen LogP) is 3.46. The Balaban J connectivity index is 1.93. The highest BCUT2D eigenvalue weighted by Crippen LogP contribution is 2.52. The lowest BCUT2D eigenvalue weighted by molar-refractivity contribution is 0.280. The topological polar surface area (TPSA) is 47.9 Å². The summed E-state index contributed by atoms with van der Waals surface area (Å²) in [4.78, 5) is 14.5. The number of isocyanates is 1. The second-order valence-corrected chi connectivity index (χ2v) is 5.89. The van der Waals surface area contributed by atoms with Crippen LogP contribution in [0.5, 0.6) is 11.5 Å². The Morgan fingerprint density at radius 2 is 2.20 bits per heavy atom. The van der Waals surface area contributed by atoms with Gasteiger partial charge in [0.25, 0.3) is 0 Å². The molecule has 2 fully saturated rings. The number of aliphatic imine (C=N–C) groups is 1. The second-order valence-electron chi connectivity index (χ2n) is 5.48. The van der Waals surface area contributed by atoms with Gasteiger partial charge in [-0.2, -0.15) is 4.99 Å². The van der Waals surface area contributed by atoms with Crippen LogP contribution in [0.4, 0.5) is 0 Å². The summed E-state index contributed by atoms with van der Waals surface area (Å²) in [6.45, 7) is 0.681. The molecule has 0 spiro atoms. The Morgan fingerprint density at radius 3 is 2.75 bits per heavy atom. The first-order chi connectivity index (χ1) is 9.68. The van der Waals surface area contributed by atoms with Crippen molar-refractivity contribution in [2.75, 3.05) is 13.7 Å². The molecule has 0 unspecified atom stereocenters. The van der Waals surface area contributed by atoms with Crippen LogP contribution in [0.15, 0.2) is 17.1 Å². The molecular formula is C15H16ClNO3.